The van der Waals surface area contributed by atoms with Crippen molar-refractivity contribution in [3.8, 4) is 11.3 Å². The van der Waals surface area contributed by atoms with Crippen LogP contribution in [0, 0.1) is 6.92 Å². The van der Waals surface area contributed by atoms with Crippen LogP contribution in [0.25, 0.3) is 11.3 Å². The molecule has 2 aromatic rings. The third-order valence-corrected chi connectivity index (χ3v) is 4.14. The molecule has 122 valence electrons. The van der Waals surface area contributed by atoms with E-state index in [1.54, 1.807) is 6.20 Å². The maximum atomic E-state index is 12.4. The Morgan fingerprint density at radius 1 is 1.26 bits per heavy atom. The molecule has 3 rings (SSSR count). The number of benzene rings is 1. The third kappa shape index (κ3) is 3.86. The summed E-state index contributed by atoms with van der Waals surface area (Å²) in [6.45, 7) is 1.85. The minimum absolute atomic E-state index is 0. The first-order valence-electron chi connectivity index (χ1n) is 7.57. The van der Waals surface area contributed by atoms with Crippen LogP contribution in [0.4, 0.5) is 5.69 Å². The van der Waals surface area contributed by atoms with Crippen LogP contribution in [0.1, 0.15) is 31.5 Å². The Hall–Kier alpha value is -1.98. The monoisotopic (exact) mass is 332 g/mol. The molecule has 1 heterocycles. The second kappa shape index (κ2) is 7.06. The van der Waals surface area contributed by atoms with E-state index in [0.29, 0.717) is 0 Å². The lowest BCUT2D eigenvalue weighted by Crippen LogP contribution is -2.48. The number of nitrogens with two attached hydrogens (primary N) is 1. The quantitative estimate of drug-likeness (QED) is 0.905. The molecule has 0 spiro atoms. The number of aryl methyl sites for hydroxylation is 1. The number of carbonyl (C=O) groups excluding carboxylic acids is 1. The molecule has 0 bridgehead atoms. The van der Waals surface area contributed by atoms with E-state index < -0.39 is 5.54 Å². The number of anilines is 1. The van der Waals surface area contributed by atoms with E-state index in [1.807, 2.05) is 37.3 Å². The third-order valence-electron chi connectivity index (χ3n) is 4.14. The predicted molar refractivity (Wildman–Crippen MR) is 93.5 cm³/mol. The maximum absolute atomic E-state index is 12.4. The molecule has 0 saturated heterocycles. The zero-order chi connectivity index (χ0) is 15.6. The summed E-state index contributed by atoms with van der Waals surface area (Å²) in [6.07, 6.45) is 5.28. The molecule has 5 nitrogen and oxygen atoms in total. The van der Waals surface area contributed by atoms with Crippen LogP contribution in [-0.4, -0.2) is 21.4 Å². The molecule has 0 radical (unpaired) electrons. The normalized spacial score (nSPS) is 15.7. The first-order chi connectivity index (χ1) is 10.6. The molecule has 6 heteroatoms. The zero-order valence-corrected chi connectivity index (χ0v) is 13.9. The minimum Gasteiger partial charge on any atom is -0.324 e. The van der Waals surface area contributed by atoms with Crippen molar-refractivity contribution in [3.05, 3.63) is 42.4 Å². The van der Waals surface area contributed by atoms with Gasteiger partial charge in [0.2, 0.25) is 5.91 Å². The lowest BCUT2D eigenvalue weighted by Gasteiger charge is -2.22. The van der Waals surface area contributed by atoms with Crippen LogP contribution in [-0.2, 0) is 4.79 Å². The van der Waals surface area contributed by atoms with Gasteiger partial charge in [0, 0.05) is 17.4 Å². The number of hydrogen-bond donors (Lipinski definition) is 2. The van der Waals surface area contributed by atoms with Gasteiger partial charge in [-0.3, -0.25) is 4.79 Å². The lowest BCUT2D eigenvalue weighted by atomic mass is 9.98. The van der Waals surface area contributed by atoms with Gasteiger partial charge in [-0.15, -0.1) is 12.4 Å². The Morgan fingerprint density at radius 2 is 2.00 bits per heavy atom. The molecule has 1 amide bonds. The number of halogens is 1. The number of rotatable bonds is 3. The molecule has 1 aromatic heterocycles. The smallest absolute Gasteiger partial charge is 0.244 e. The van der Waals surface area contributed by atoms with E-state index in [4.69, 9.17) is 5.73 Å². The fourth-order valence-electron chi connectivity index (χ4n) is 2.86. The molecular formula is C17H21ClN4O. The Morgan fingerprint density at radius 3 is 2.70 bits per heavy atom. The number of hydrogen-bond acceptors (Lipinski definition) is 4. The summed E-state index contributed by atoms with van der Waals surface area (Å²) in [6, 6.07) is 9.51. The number of carbonyl (C=O) groups is 1. The summed E-state index contributed by atoms with van der Waals surface area (Å²) in [7, 11) is 0. The fourth-order valence-corrected chi connectivity index (χ4v) is 2.86. The number of amides is 1. The average Bonchev–Trinajstić information content (AvgIpc) is 2.96. The van der Waals surface area contributed by atoms with E-state index in [0.717, 1.165) is 48.5 Å². The van der Waals surface area contributed by atoms with Gasteiger partial charge < -0.3 is 11.1 Å². The van der Waals surface area contributed by atoms with Gasteiger partial charge in [-0.25, -0.2) is 9.97 Å². The Kier molecular flexibility index (Phi) is 5.34. The molecule has 1 aromatic carbocycles. The summed E-state index contributed by atoms with van der Waals surface area (Å²) in [4.78, 5) is 20.9. The molecule has 3 N–H and O–H groups in total. The van der Waals surface area contributed by atoms with Crippen LogP contribution >= 0.6 is 12.4 Å². The van der Waals surface area contributed by atoms with E-state index in [1.165, 1.54) is 0 Å². The van der Waals surface area contributed by atoms with E-state index in [2.05, 4.69) is 15.3 Å². The van der Waals surface area contributed by atoms with Crippen molar-refractivity contribution in [2.45, 2.75) is 38.1 Å². The molecule has 1 aliphatic carbocycles. The van der Waals surface area contributed by atoms with Crippen molar-refractivity contribution in [2.24, 2.45) is 5.73 Å². The number of nitrogens with zero attached hydrogens (tertiary/aromatic N) is 2. The van der Waals surface area contributed by atoms with E-state index in [9.17, 15) is 4.79 Å². The first kappa shape index (κ1) is 17.4. The maximum Gasteiger partial charge on any atom is 0.244 e. The molecule has 1 aliphatic rings. The first-order valence-corrected chi connectivity index (χ1v) is 7.57. The second-order valence-electron chi connectivity index (χ2n) is 5.89. The van der Waals surface area contributed by atoms with Crippen LogP contribution in [0.2, 0.25) is 0 Å². The molecule has 23 heavy (non-hydrogen) atoms. The van der Waals surface area contributed by atoms with Gasteiger partial charge in [-0.05, 0) is 38.0 Å². The van der Waals surface area contributed by atoms with Crippen molar-refractivity contribution < 1.29 is 4.79 Å². The molecule has 1 saturated carbocycles. The second-order valence-corrected chi connectivity index (χ2v) is 5.89. The van der Waals surface area contributed by atoms with E-state index >= 15 is 0 Å². The van der Waals surface area contributed by atoms with Crippen molar-refractivity contribution in [2.75, 3.05) is 5.32 Å². The average molecular weight is 333 g/mol. The fraction of sp³-hybridized carbons (Fsp3) is 0.353. The molecule has 0 atom stereocenters. The van der Waals surface area contributed by atoms with Crippen molar-refractivity contribution in [1.82, 2.24) is 9.97 Å². The molecular weight excluding hydrogens is 312 g/mol. The molecule has 1 fully saturated rings. The Bertz CT molecular complexity index is 698. The number of aromatic nitrogens is 2. The van der Waals surface area contributed by atoms with Gasteiger partial charge in [0.25, 0.3) is 0 Å². The summed E-state index contributed by atoms with van der Waals surface area (Å²) < 4.78 is 0. The molecule has 0 aliphatic heterocycles. The van der Waals surface area contributed by atoms with Gasteiger partial charge in [-0.1, -0.05) is 25.0 Å². The van der Waals surface area contributed by atoms with Gasteiger partial charge in [0.1, 0.15) is 5.82 Å². The number of nitrogens with one attached hydrogen (secondary N) is 1. The topological polar surface area (TPSA) is 80.9 Å². The summed E-state index contributed by atoms with van der Waals surface area (Å²) in [5, 5.41) is 2.94. The zero-order valence-electron chi connectivity index (χ0n) is 13.1. The predicted octanol–water partition coefficient (Wildman–Crippen LogP) is 3.08. The Labute approximate surface area is 142 Å². The van der Waals surface area contributed by atoms with E-state index in [-0.39, 0.29) is 18.3 Å². The summed E-state index contributed by atoms with van der Waals surface area (Å²) >= 11 is 0. The van der Waals surface area contributed by atoms with Gasteiger partial charge in [0.05, 0.1) is 11.2 Å². The largest absolute Gasteiger partial charge is 0.324 e. The van der Waals surface area contributed by atoms with Gasteiger partial charge in [0.15, 0.2) is 0 Å². The highest BCUT2D eigenvalue weighted by molar-refractivity contribution is 5.98. The van der Waals surface area contributed by atoms with Crippen LogP contribution in [0.5, 0.6) is 0 Å². The van der Waals surface area contributed by atoms with Crippen molar-refractivity contribution in [3.63, 3.8) is 0 Å². The highest BCUT2D eigenvalue weighted by Gasteiger charge is 2.36. The highest BCUT2D eigenvalue weighted by atomic mass is 35.5. The van der Waals surface area contributed by atoms with Crippen LogP contribution < -0.4 is 11.1 Å². The summed E-state index contributed by atoms with van der Waals surface area (Å²) in [5.74, 6) is 0.625. The molecule has 0 unspecified atom stereocenters. The summed E-state index contributed by atoms with van der Waals surface area (Å²) in [5.41, 5.74) is 8.00. The Balaban J connectivity index is 0.00000192. The highest BCUT2D eigenvalue weighted by Crippen LogP contribution is 2.29. The standard InChI is InChI=1S/C17H20N4O.ClH/c1-12-19-10-7-15(20-12)13-5-4-6-14(11-13)21-16(22)17(18)8-2-3-9-17;/h4-7,10-11H,2-3,8-9,18H2,1H3,(H,21,22);1H. The van der Waals surface area contributed by atoms with Crippen molar-refractivity contribution >= 4 is 24.0 Å². The van der Waals surface area contributed by atoms with Gasteiger partial charge >= 0.3 is 0 Å². The van der Waals surface area contributed by atoms with Gasteiger partial charge in [-0.2, -0.15) is 0 Å². The lowest BCUT2D eigenvalue weighted by molar-refractivity contribution is -0.121. The van der Waals surface area contributed by atoms with Crippen LogP contribution in [0.3, 0.4) is 0 Å². The SMILES string of the molecule is Cc1nccc(-c2cccc(NC(=O)C3(N)CCCC3)c2)n1.Cl. The van der Waals surface area contributed by atoms with Crippen molar-refractivity contribution in [1.29, 1.82) is 0 Å². The minimum atomic E-state index is -0.721. The van der Waals surface area contributed by atoms with Crippen LogP contribution in [0.15, 0.2) is 36.5 Å².